The van der Waals surface area contributed by atoms with Crippen LogP contribution in [0.5, 0.6) is 0 Å². The summed E-state index contributed by atoms with van der Waals surface area (Å²) in [6, 6.07) is 0.411. The summed E-state index contributed by atoms with van der Waals surface area (Å²) in [4.78, 5) is 0. The molecule has 1 saturated carbocycles. The van der Waals surface area contributed by atoms with Crippen molar-refractivity contribution in [1.82, 2.24) is 5.32 Å². The van der Waals surface area contributed by atoms with Gasteiger partial charge in [0.15, 0.2) is 0 Å². The topological polar surface area (TPSA) is 41.5 Å². The van der Waals surface area contributed by atoms with Gasteiger partial charge >= 0.3 is 0 Å². The molecule has 0 radical (unpaired) electrons. The highest BCUT2D eigenvalue weighted by atomic mass is 16.5. The fraction of sp³-hybridized carbons (Fsp3) is 1.00. The first-order chi connectivity index (χ1) is 7.87. The van der Waals surface area contributed by atoms with Crippen LogP contribution in [0.4, 0.5) is 0 Å². The molecule has 1 fully saturated rings. The van der Waals surface area contributed by atoms with E-state index >= 15 is 0 Å². The quantitative estimate of drug-likeness (QED) is 0.752. The zero-order chi connectivity index (χ0) is 12.9. The Labute approximate surface area is 106 Å². The van der Waals surface area contributed by atoms with Crippen LogP contribution in [-0.2, 0) is 4.74 Å². The fourth-order valence-corrected chi connectivity index (χ4v) is 2.33. The first kappa shape index (κ1) is 14.9. The van der Waals surface area contributed by atoms with Crippen LogP contribution in [0.15, 0.2) is 0 Å². The summed E-state index contributed by atoms with van der Waals surface area (Å²) in [5.74, 6) is 0. The summed E-state index contributed by atoms with van der Waals surface area (Å²) in [6.07, 6.45) is 5.08. The number of ether oxygens (including phenoxy) is 1. The number of hydrogen-bond donors (Lipinski definition) is 2. The molecular weight excluding hydrogens is 214 g/mol. The van der Waals surface area contributed by atoms with Crippen molar-refractivity contribution in [3.8, 4) is 0 Å². The van der Waals surface area contributed by atoms with Gasteiger partial charge in [-0.3, -0.25) is 0 Å². The third-order valence-corrected chi connectivity index (χ3v) is 4.07. The van der Waals surface area contributed by atoms with E-state index in [9.17, 15) is 5.11 Å². The van der Waals surface area contributed by atoms with Gasteiger partial charge in [-0.1, -0.05) is 13.8 Å². The molecule has 3 heteroatoms. The number of hydrogen-bond acceptors (Lipinski definition) is 3. The van der Waals surface area contributed by atoms with E-state index in [4.69, 9.17) is 4.74 Å². The van der Waals surface area contributed by atoms with Crippen LogP contribution in [-0.4, -0.2) is 37.0 Å². The molecule has 3 nitrogen and oxygen atoms in total. The molecule has 0 aromatic rings. The Bertz CT molecular complexity index is 218. The first-order valence-electron chi connectivity index (χ1n) is 6.82. The highest BCUT2D eigenvalue weighted by Gasteiger charge is 2.36. The van der Waals surface area contributed by atoms with E-state index in [-0.39, 0.29) is 0 Å². The van der Waals surface area contributed by atoms with Crippen molar-refractivity contribution in [2.45, 2.75) is 64.5 Å². The second-order valence-corrected chi connectivity index (χ2v) is 6.45. The van der Waals surface area contributed by atoms with Crippen LogP contribution in [0.1, 0.15) is 52.9 Å². The molecular formula is C14H29NO2. The van der Waals surface area contributed by atoms with E-state index in [1.165, 1.54) is 0 Å². The summed E-state index contributed by atoms with van der Waals surface area (Å²) in [5.41, 5.74) is -0.0786. The molecule has 1 atom stereocenters. The highest BCUT2D eigenvalue weighted by Crippen LogP contribution is 2.39. The lowest BCUT2D eigenvalue weighted by atomic mass is 9.71. The summed E-state index contributed by atoms with van der Waals surface area (Å²) in [5, 5.41) is 13.9. The molecule has 0 aliphatic heterocycles. The van der Waals surface area contributed by atoms with Crippen molar-refractivity contribution >= 4 is 0 Å². The van der Waals surface area contributed by atoms with Gasteiger partial charge in [0, 0.05) is 26.3 Å². The van der Waals surface area contributed by atoms with Crippen LogP contribution in [0.25, 0.3) is 0 Å². The molecule has 1 rings (SSSR count). The van der Waals surface area contributed by atoms with Crippen LogP contribution >= 0.6 is 0 Å². The minimum absolute atomic E-state index is 0.411. The van der Waals surface area contributed by atoms with E-state index in [1.807, 2.05) is 0 Å². The van der Waals surface area contributed by atoms with Gasteiger partial charge in [0.1, 0.15) is 0 Å². The molecule has 17 heavy (non-hydrogen) atoms. The van der Waals surface area contributed by atoms with Gasteiger partial charge in [0.25, 0.3) is 0 Å². The fourth-order valence-electron chi connectivity index (χ4n) is 2.33. The molecule has 1 aliphatic rings. The zero-order valence-electron chi connectivity index (χ0n) is 11.9. The lowest BCUT2D eigenvalue weighted by Gasteiger charge is -2.40. The van der Waals surface area contributed by atoms with Crippen LogP contribution in [0.3, 0.4) is 0 Å². The summed E-state index contributed by atoms with van der Waals surface area (Å²) in [7, 11) is 1.73. The SMILES string of the molecule is COCCC(C)NCC1(O)CCC(C)(C)CC1. The van der Waals surface area contributed by atoms with Crippen molar-refractivity contribution in [3.63, 3.8) is 0 Å². The molecule has 102 valence electrons. The molecule has 0 spiro atoms. The standard InChI is InChI=1S/C14H29NO2/c1-12(5-10-17-4)15-11-14(16)8-6-13(2,3)7-9-14/h12,15-16H,5-11H2,1-4H3. The van der Waals surface area contributed by atoms with Gasteiger partial charge in [-0.05, 0) is 44.4 Å². The molecule has 1 aliphatic carbocycles. The summed E-state index contributed by atoms with van der Waals surface area (Å²) < 4.78 is 5.05. The molecule has 2 N–H and O–H groups in total. The Balaban J connectivity index is 2.26. The lowest BCUT2D eigenvalue weighted by Crippen LogP contribution is -2.47. The monoisotopic (exact) mass is 243 g/mol. The highest BCUT2D eigenvalue weighted by molar-refractivity contribution is 4.90. The van der Waals surface area contributed by atoms with Crippen LogP contribution in [0, 0.1) is 5.41 Å². The van der Waals surface area contributed by atoms with E-state index < -0.39 is 5.60 Å². The average Bonchev–Trinajstić information content (AvgIpc) is 2.29. The number of rotatable bonds is 6. The largest absolute Gasteiger partial charge is 0.389 e. The number of aliphatic hydroxyl groups is 1. The van der Waals surface area contributed by atoms with Gasteiger partial charge in [0.2, 0.25) is 0 Å². The van der Waals surface area contributed by atoms with Crippen molar-refractivity contribution in [1.29, 1.82) is 0 Å². The summed E-state index contributed by atoms with van der Waals surface area (Å²) in [6.45, 7) is 8.23. The third kappa shape index (κ3) is 5.36. The smallest absolute Gasteiger partial charge is 0.0772 e. The maximum Gasteiger partial charge on any atom is 0.0772 e. The van der Waals surface area contributed by atoms with Crippen molar-refractivity contribution in [3.05, 3.63) is 0 Å². The second-order valence-electron chi connectivity index (χ2n) is 6.45. The van der Waals surface area contributed by atoms with Gasteiger partial charge in [-0.15, -0.1) is 0 Å². The average molecular weight is 243 g/mol. The molecule has 0 heterocycles. The molecule has 0 amide bonds. The molecule has 1 unspecified atom stereocenters. The predicted octanol–water partition coefficient (Wildman–Crippen LogP) is 2.33. The van der Waals surface area contributed by atoms with Gasteiger partial charge in [0.05, 0.1) is 5.60 Å². The van der Waals surface area contributed by atoms with Crippen molar-refractivity contribution in [2.24, 2.45) is 5.41 Å². The van der Waals surface area contributed by atoms with Gasteiger partial charge < -0.3 is 15.2 Å². The zero-order valence-corrected chi connectivity index (χ0v) is 11.9. The normalized spacial score (nSPS) is 24.5. The van der Waals surface area contributed by atoms with Crippen LogP contribution in [0.2, 0.25) is 0 Å². The molecule has 0 aromatic heterocycles. The maximum absolute atomic E-state index is 10.5. The lowest BCUT2D eigenvalue weighted by molar-refractivity contribution is -0.0262. The Morgan fingerprint density at radius 3 is 2.35 bits per heavy atom. The minimum Gasteiger partial charge on any atom is -0.389 e. The van der Waals surface area contributed by atoms with E-state index in [1.54, 1.807) is 7.11 Å². The Morgan fingerprint density at radius 2 is 1.82 bits per heavy atom. The maximum atomic E-state index is 10.5. The van der Waals surface area contributed by atoms with E-state index in [0.717, 1.165) is 38.7 Å². The molecule has 0 saturated heterocycles. The van der Waals surface area contributed by atoms with E-state index in [0.29, 0.717) is 18.0 Å². The molecule has 0 aromatic carbocycles. The second kappa shape index (κ2) is 6.17. The van der Waals surface area contributed by atoms with Crippen molar-refractivity contribution < 1.29 is 9.84 Å². The third-order valence-electron chi connectivity index (χ3n) is 4.07. The van der Waals surface area contributed by atoms with Gasteiger partial charge in [-0.25, -0.2) is 0 Å². The summed E-state index contributed by atoms with van der Waals surface area (Å²) >= 11 is 0. The molecule has 0 bridgehead atoms. The predicted molar refractivity (Wildman–Crippen MR) is 71.2 cm³/mol. The number of nitrogens with one attached hydrogen (secondary N) is 1. The first-order valence-corrected chi connectivity index (χ1v) is 6.82. The van der Waals surface area contributed by atoms with Crippen molar-refractivity contribution in [2.75, 3.05) is 20.3 Å². The Kier molecular flexibility index (Phi) is 5.42. The van der Waals surface area contributed by atoms with Gasteiger partial charge in [-0.2, -0.15) is 0 Å². The number of methoxy groups -OCH3 is 1. The van der Waals surface area contributed by atoms with E-state index in [2.05, 4.69) is 26.1 Å². The Hall–Kier alpha value is -0.120. The minimum atomic E-state index is -0.489. The van der Waals surface area contributed by atoms with Crippen LogP contribution < -0.4 is 5.32 Å². The Morgan fingerprint density at radius 1 is 1.24 bits per heavy atom.